The van der Waals surface area contributed by atoms with Crippen molar-refractivity contribution >= 4 is 11.7 Å². The number of carbonyl (C=O) groups excluding carboxylic acids is 1. The Labute approximate surface area is 179 Å². The number of benzene rings is 2. The molecule has 6 nitrogen and oxygen atoms in total. The molecule has 1 amide bonds. The molecule has 0 unspecified atom stereocenters. The van der Waals surface area contributed by atoms with E-state index in [2.05, 4.69) is 15.3 Å². The van der Waals surface area contributed by atoms with Crippen molar-refractivity contribution in [1.82, 2.24) is 19.9 Å². The third-order valence-corrected chi connectivity index (χ3v) is 5.26. The molecule has 0 aliphatic rings. The van der Waals surface area contributed by atoms with Gasteiger partial charge in [-0.25, -0.2) is 14.4 Å². The van der Waals surface area contributed by atoms with Gasteiger partial charge in [-0.1, -0.05) is 36.4 Å². The van der Waals surface area contributed by atoms with Crippen LogP contribution < -0.4 is 11.1 Å². The molecule has 156 valence electrons. The normalized spacial score (nSPS) is 10.8. The van der Waals surface area contributed by atoms with Gasteiger partial charge in [-0.2, -0.15) is 0 Å². The van der Waals surface area contributed by atoms with Gasteiger partial charge in [0.25, 0.3) is 5.91 Å². The van der Waals surface area contributed by atoms with Gasteiger partial charge in [-0.3, -0.25) is 4.79 Å². The van der Waals surface area contributed by atoms with Gasteiger partial charge < -0.3 is 15.6 Å². The van der Waals surface area contributed by atoms with Crippen LogP contribution in [0, 0.1) is 12.7 Å². The molecule has 0 atom stereocenters. The van der Waals surface area contributed by atoms with Crippen LogP contribution in [-0.4, -0.2) is 20.4 Å². The maximum atomic E-state index is 14.8. The standard InChI is InChI=1S/C24H22FN5O/c1-15-27-14-22(30(15)2)18-10-20(23(26)28-13-18)17-8-9-19(21(25)11-17)24(31)29-12-16-6-4-3-5-7-16/h3-11,13-14H,12H2,1-2H3,(H2,26,28)(H,29,31). The maximum Gasteiger partial charge on any atom is 0.254 e. The number of nitrogens with zero attached hydrogens (tertiary/aromatic N) is 3. The summed E-state index contributed by atoms with van der Waals surface area (Å²) in [7, 11) is 1.91. The van der Waals surface area contributed by atoms with Crippen LogP contribution in [0.3, 0.4) is 0 Å². The first kappa shape index (κ1) is 20.3. The second-order valence-corrected chi connectivity index (χ2v) is 7.27. The van der Waals surface area contributed by atoms with E-state index in [9.17, 15) is 9.18 Å². The minimum Gasteiger partial charge on any atom is -0.383 e. The van der Waals surface area contributed by atoms with Gasteiger partial charge in [0.1, 0.15) is 17.5 Å². The number of nitrogens with two attached hydrogens (primary N) is 1. The SMILES string of the molecule is Cc1ncc(-c2cnc(N)c(-c3ccc(C(=O)NCc4ccccc4)c(F)c3)c2)n1C. The largest absolute Gasteiger partial charge is 0.383 e. The monoisotopic (exact) mass is 415 g/mol. The summed E-state index contributed by atoms with van der Waals surface area (Å²) in [6.45, 7) is 2.23. The topological polar surface area (TPSA) is 85.8 Å². The molecule has 0 fully saturated rings. The second-order valence-electron chi connectivity index (χ2n) is 7.27. The Morgan fingerprint density at radius 3 is 2.52 bits per heavy atom. The van der Waals surface area contributed by atoms with E-state index >= 15 is 0 Å². The summed E-state index contributed by atoms with van der Waals surface area (Å²) in [6.07, 6.45) is 3.42. The number of hydrogen-bond acceptors (Lipinski definition) is 4. The van der Waals surface area contributed by atoms with Crippen LogP contribution in [0.2, 0.25) is 0 Å². The van der Waals surface area contributed by atoms with E-state index in [1.807, 2.05) is 54.9 Å². The minimum absolute atomic E-state index is 0.0235. The van der Waals surface area contributed by atoms with E-state index in [4.69, 9.17) is 5.73 Å². The first-order valence-electron chi connectivity index (χ1n) is 9.80. The number of aromatic nitrogens is 3. The zero-order valence-corrected chi connectivity index (χ0v) is 17.3. The third-order valence-electron chi connectivity index (χ3n) is 5.26. The van der Waals surface area contributed by atoms with Crippen molar-refractivity contribution in [1.29, 1.82) is 0 Å². The van der Waals surface area contributed by atoms with Gasteiger partial charge in [0, 0.05) is 30.9 Å². The lowest BCUT2D eigenvalue weighted by Gasteiger charge is -2.11. The summed E-state index contributed by atoms with van der Waals surface area (Å²) < 4.78 is 16.7. The molecule has 0 spiro atoms. The van der Waals surface area contributed by atoms with Crippen LogP contribution in [-0.2, 0) is 13.6 Å². The van der Waals surface area contributed by atoms with Crippen molar-refractivity contribution < 1.29 is 9.18 Å². The van der Waals surface area contributed by atoms with E-state index in [0.717, 1.165) is 22.6 Å². The predicted octanol–water partition coefficient (Wildman–Crippen LogP) is 4.11. The molecular formula is C24H22FN5O. The van der Waals surface area contributed by atoms with Gasteiger partial charge in [0.15, 0.2) is 0 Å². The average molecular weight is 415 g/mol. The number of aryl methyl sites for hydroxylation is 1. The highest BCUT2D eigenvalue weighted by Gasteiger charge is 2.15. The van der Waals surface area contributed by atoms with Crippen molar-refractivity contribution in [3.05, 3.63) is 89.8 Å². The van der Waals surface area contributed by atoms with E-state index in [-0.39, 0.29) is 11.4 Å². The van der Waals surface area contributed by atoms with Crippen LogP contribution in [0.5, 0.6) is 0 Å². The van der Waals surface area contributed by atoms with E-state index in [1.54, 1.807) is 18.5 Å². The quantitative estimate of drug-likeness (QED) is 0.514. The lowest BCUT2D eigenvalue weighted by Crippen LogP contribution is -2.23. The predicted molar refractivity (Wildman–Crippen MR) is 119 cm³/mol. The number of nitrogens with one attached hydrogen (secondary N) is 1. The number of pyridine rings is 1. The summed E-state index contributed by atoms with van der Waals surface area (Å²) in [6, 6.07) is 15.8. The van der Waals surface area contributed by atoms with Crippen molar-refractivity contribution in [2.24, 2.45) is 7.05 Å². The van der Waals surface area contributed by atoms with Gasteiger partial charge >= 0.3 is 0 Å². The molecule has 0 saturated carbocycles. The number of rotatable bonds is 5. The summed E-state index contributed by atoms with van der Waals surface area (Å²) in [5.74, 6) is 0.0518. The number of imidazole rings is 1. The van der Waals surface area contributed by atoms with Gasteiger partial charge in [-0.05, 0) is 36.2 Å². The third kappa shape index (κ3) is 4.16. The summed E-state index contributed by atoms with van der Waals surface area (Å²) >= 11 is 0. The van der Waals surface area contributed by atoms with Gasteiger partial charge in [0.05, 0.1) is 17.5 Å². The van der Waals surface area contributed by atoms with Crippen molar-refractivity contribution in [2.75, 3.05) is 5.73 Å². The van der Waals surface area contributed by atoms with Crippen LogP contribution in [0.15, 0.2) is 67.0 Å². The Morgan fingerprint density at radius 1 is 1.06 bits per heavy atom. The molecule has 2 aromatic heterocycles. The van der Waals surface area contributed by atoms with E-state index in [1.165, 1.54) is 12.1 Å². The summed E-state index contributed by atoms with van der Waals surface area (Å²) in [5.41, 5.74) is 9.81. The summed E-state index contributed by atoms with van der Waals surface area (Å²) in [4.78, 5) is 21.0. The number of amides is 1. The highest BCUT2D eigenvalue weighted by molar-refractivity contribution is 5.95. The number of carbonyl (C=O) groups is 1. The first-order chi connectivity index (χ1) is 14.9. The summed E-state index contributed by atoms with van der Waals surface area (Å²) in [5, 5.41) is 2.74. The van der Waals surface area contributed by atoms with Crippen molar-refractivity contribution in [3.8, 4) is 22.4 Å². The molecule has 7 heteroatoms. The number of hydrogen-bond donors (Lipinski definition) is 2. The molecule has 2 heterocycles. The average Bonchev–Trinajstić information content (AvgIpc) is 3.11. The van der Waals surface area contributed by atoms with Crippen LogP contribution in [0.1, 0.15) is 21.7 Å². The molecule has 0 radical (unpaired) electrons. The molecule has 3 N–H and O–H groups in total. The highest BCUT2D eigenvalue weighted by atomic mass is 19.1. The second kappa shape index (κ2) is 8.39. The fourth-order valence-electron chi connectivity index (χ4n) is 3.36. The molecule has 31 heavy (non-hydrogen) atoms. The zero-order valence-electron chi connectivity index (χ0n) is 17.3. The van der Waals surface area contributed by atoms with Gasteiger partial charge in [0.2, 0.25) is 0 Å². The first-order valence-corrected chi connectivity index (χ1v) is 9.80. The number of anilines is 1. The van der Waals surface area contributed by atoms with Crippen LogP contribution in [0.4, 0.5) is 10.2 Å². The molecule has 0 bridgehead atoms. The number of nitrogen functional groups attached to an aromatic ring is 1. The van der Waals surface area contributed by atoms with E-state index < -0.39 is 11.7 Å². The molecule has 4 aromatic rings. The molecule has 2 aromatic carbocycles. The highest BCUT2D eigenvalue weighted by Crippen LogP contribution is 2.30. The number of halogens is 1. The Kier molecular flexibility index (Phi) is 5.49. The Morgan fingerprint density at radius 2 is 1.84 bits per heavy atom. The fraction of sp³-hybridized carbons (Fsp3) is 0.125. The molecule has 0 saturated heterocycles. The smallest absolute Gasteiger partial charge is 0.254 e. The zero-order chi connectivity index (χ0) is 22.0. The van der Waals surface area contributed by atoms with E-state index in [0.29, 0.717) is 17.7 Å². The molecular weight excluding hydrogens is 393 g/mol. The van der Waals surface area contributed by atoms with Crippen LogP contribution in [0.25, 0.3) is 22.4 Å². The molecule has 0 aliphatic heterocycles. The van der Waals surface area contributed by atoms with Gasteiger partial charge in [-0.15, -0.1) is 0 Å². The van der Waals surface area contributed by atoms with Crippen molar-refractivity contribution in [2.45, 2.75) is 13.5 Å². The van der Waals surface area contributed by atoms with Crippen molar-refractivity contribution in [3.63, 3.8) is 0 Å². The fourth-order valence-corrected chi connectivity index (χ4v) is 3.36. The Bertz CT molecular complexity index is 1250. The lowest BCUT2D eigenvalue weighted by molar-refractivity contribution is 0.0947. The lowest BCUT2D eigenvalue weighted by atomic mass is 10.0. The Balaban J connectivity index is 1.60. The molecule has 0 aliphatic carbocycles. The Hall–Kier alpha value is -4.00. The molecule has 4 rings (SSSR count). The minimum atomic E-state index is -0.621. The maximum absolute atomic E-state index is 14.8. The van der Waals surface area contributed by atoms with Crippen LogP contribution >= 0.6 is 0 Å².